The van der Waals surface area contributed by atoms with E-state index < -0.39 is 0 Å². The van der Waals surface area contributed by atoms with E-state index in [1.807, 2.05) is 12.1 Å². The lowest BCUT2D eigenvalue weighted by Crippen LogP contribution is -2.55. The summed E-state index contributed by atoms with van der Waals surface area (Å²) in [5.74, 6) is 1.36. The summed E-state index contributed by atoms with van der Waals surface area (Å²) in [5.41, 5.74) is 1.59. The van der Waals surface area contributed by atoms with E-state index in [1.54, 1.807) is 29.2 Å². The Morgan fingerprint density at radius 1 is 1.14 bits per heavy atom. The van der Waals surface area contributed by atoms with Gasteiger partial charge in [-0.2, -0.15) is 5.26 Å². The quantitative estimate of drug-likeness (QED) is 0.731. The van der Waals surface area contributed by atoms with Crippen LogP contribution in [0.25, 0.3) is 5.69 Å². The Bertz CT molecular complexity index is 1090. The molecule has 2 saturated heterocycles. The molecule has 2 atom stereocenters. The van der Waals surface area contributed by atoms with Crippen molar-refractivity contribution in [2.45, 2.75) is 6.04 Å². The molecule has 146 valence electrons. The first kappa shape index (κ1) is 17.6. The van der Waals surface area contributed by atoms with Crippen molar-refractivity contribution < 1.29 is 4.39 Å². The third-order valence-corrected chi connectivity index (χ3v) is 5.57. The molecule has 9 heteroatoms. The second-order valence-corrected chi connectivity index (χ2v) is 7.53. The Morgan fingerprint density at radius 2 is 2.03 bits per heavy atom. The standard InChI is InChI=1S/C20H19FN8/c1-27-8-13-9-29(18(13)10-27)15-2-3-17(16(21)4-15)28-11-20(25-12-28)26-19-7-23-14(5-22)6-24-19/h2-4,6-7,11-13,18H,8-10H2,1H3,(H,24,26). The number of nitrogens with one attached hydrogen (secondary N) is 1. The van der Waals surface area contributed by atoms with Crippen molar-refractivity contribution in [2.75, 3.05) is 36.9 Å². The fourth-order valence-electron chi connectivity index (χ4n) is 4.13. The highest BCUT2D eigenvalue weighted by molar-refractivity contribution is 5.56. The minimum atomic E-state index is -0.292. The van der Waals surface area contributed by atoms with Gasteiger partial charge in [-0.05, 0) is 25.2 Å². The van der Waals surface area contributed by atoms with Crippen LogP contribution in [0, 0.1) is 23.1 Å². The number of hydrogen-bond acceptors (Lipinski definition) is 7. The molecule has 8 nitrogen and oxygen atoms in total. The van der Waals surface area contributed by atoms with Gasteiger partial charge in [0.05, 0.1) is 24.3 Å². The van der Waals surface area contributed by atoms with Crippen molar-refractivity contribution in [2.24, 2.45) is 5.92 Å². The minimum Gasteiger partial charge on any atom is -0.366 e. The topological polar surface area (TPSA) is 85.9 Å². The zero-order chi connectivity index (χ0) is 20.0. The maximum Gasteiger partial charge on any atom is 0.158 e. The maximum absolute atomic E-state index is 14.8. The monoisotopic (exact) mass is 390 g/mol. The molecule has 1 aromatic carbocycles. The predicted octanol–water partition coefficient (Wildman–Crippen LogP) is 2.17. The van der Waals surface area contributed by atoms with Gasteiger partial charge in [0.25, 0.3) is 0 Å². The molecule has 2 unspecified atom stereocenters. The van der Waals surface area contributed by atoms with E-state index in [1.165, 1.54) is 12.4 Å². The summed E-state index contributed by atoms with van der Waals surface area (Å²) >= 11 is 0. The van der Waals surface area contributed by atoms with Gasteiger partial charge in [0.2, 0.25) is 0 Å². The minimum absolute atomic E-state index is 0.237. The van der Waals surface area contributed by atoms with Crippen LogP contribution in [0.4, 0.5) is 21.7 Å². The van der Waals surface area contributed by atoms with Crippen molar-refractivity contribution in [3.63, 3.8) is 0 Å². The summed E-state index contributed by atoms with van der Waals surface area (Å²) < 4.78 is 16.5. The van der Waals surface area contributed by atoms with Gasteiger partial charge in [0.15, 0.2) is 5.69 Å². The van der Waals surface area contributed by atoms with Crippen LogP contribution in [-0.4, -0.2) is 57.1 Å². The Morgan fingerprint density at radius 3 is 2.76 bits per heavy atom. The SMILES string of the molecule is CN1CC2CN(c3ccc(-n4cnc(Nc5cnc(C#N)cn5)c4)c(F)c3)C2C1. The highest BCUT2D eigenvalue weighted by Gasteiger charge is 2.44. The number of aromatic nitrogens is 4. The average molecular weight is 390 g/mol. The molecule has 0 spiro atoms. The van der Waals surface area contributed by atoms with Crippen LogP contribution in [0.1, 0.15) is 5.69 Å². The largest absolute Gasteiger partial charge is 0.366 e. The lowest BCUT2D eigenvalue weighted by atomic mass is 9.91. The first-order valence-electron chi connectivity index (χ1n) is 9.39. The van der Waals surface area contributed by atoms with Crippen LogP contribution >= 0.6 is 0 Å². The van der Waals surface area contributed by atoms with Gasteiger partial charge in [-0.1, -0.05) is 0 Å². The van der Waals surface area contributed by atoms with Gasteiger partial charge in [0.1, 0.15) is 29.8 Å². The Hall–Kier alpha value is -3.51. The number of hydrogen-bond donors (Lipinski definition) is 1. The molecular formula is C20H19FN8. The molecule has 5 rings (SSSR count). The Kier molecular flexibility index (Phi) is 4.14. The zero-order valence-corrected chi connectivity index (χ0v) is 15.8. The fraction of sp³-hybridized carbons (Fsp3) is 0.300. The number of nitrogens with zero attached hydrogens (tertiary/aromatic N) is 7. The lowest BCUT2D eigenvalue weighted by Gasteiger charge is -2.45. The Balaban J connectivity index is 1.32. The van der Waals surface area contributed by atoms with E-state index in [4.69, 9.17) is 5.26 Å². The van der Waals surface area contributed by atoms with Crippen LogP contribution in [0.2, 0.25) is 0 Å². The van der Waals surface area contributed by atoms with Gasteiger partial charge in [-0.3, -0.25) is 0 Å². The van der Waals surface area contributed by atoms with Crippen LogP contribution in [-0.2, 0) is 0 Å². The summed E-state index contributed by atoms with van der Waals surface area (Å²) in [7, 11) is 2.13. The molecular weight excluding hydrogens is 371 g/mol. The van der Waals surface area contributed by atoms with Crippen molar-refractivity contribution in [1.29, 1.82) is 5.26 Å². The first-order chi connectivity index (χ1) is 14.1. The molecule has 0 aliphatic carbocycles. The van der Waals surface area contributed by atoms with Crippen molar-refractivity contribution in [1.82, 2.24) is 24.4 Å². The molecule has 29 heavy (non-hydrogen) atoms. The number of halogens is 1. The first-order valence-corrected chi connectivity index (χ1v) is 9.39. The molecule has 2 aliphatic rings. The van der Waals surface area contributed by atoms with E-state index in [-0.39, 0.29) is 11.5 Å². The number of benzene rings is 1. The smallest absolute Gasteiger partial charge is 0.158 e. The van der Waals surface area contributed by atoms with Gasteiger partial charge >= 0.3 is 0 Å². The second kappa shape index (κ2) is 6.83. The van der Waals surface area contributed by atoms with Crippen LogP contribution in [0.3, 0.4) is 0 Å². The fourth-order valence-corrected chi connectivity index (χ4v) is 4.13. The van der Waals surface area contributed by atoms with E-state index in [9.17, 15) is 4.39 Å². The highest BCUT2D eigenvalue weighted by Crippen LogP contribution is 2.36. The van der Waals surface area contributed by atoms with Gasteiger partial charge in [0, 0.05) is 37.3 Å². The molecule has 0 bridgehead atoms. The van der Waals surface area contributed by atoms with E-state index in [0.29, 0.717) is 29.3 Å². The predicted molar refractivity (Wildman–Crippen MR) is 106 cm³/mol. The Labute approximate surface area is 167 Å². The number of likely N-dealkylation sites (tertiary alicyclic amines) is 1. The van der Waals surface area contributed by atoms with E-state index in [0.717, 1.165) is 25.3 Å². The number of fused-ring (bicyclic) bond motifs is 1. The third kappa shape index (κ3) is 3.17. The summed E-state index contributed by atoms with van der Waals surface area (Å²) in [6.07, 6.45) is 6.06. The summed E-state index contributed by atoms with van der Waals surface area (Å²) in [5, 5.41) is 11.8. The average Bonchev–Trinajstić information content (AvgIpc) is 3.28. The van der Waals surface area contributed by atoms with Gasteiger partial charge < -0.3 is 19.7 Å². The molecule has 0 saturated carbocycles. The molecule has 4 heterocycles. The van der Waals surface area contributed by atoms with Crippen LogP contribution < -0.4 is 10.2 Å². The molecule has 1 N–H and O–H groups in total. The maximum atomic E-state index is 14.8. The summed E-state index contributed by atoms with van der Waals surface area (Å²) in [6, 6.07) is 7.75. The number of likely N-dealkylation sites (N-methyl/N-ethyl adjacent to an activating group) is 1. The van der Waals surface area contributed by atoms with Crippen molar-refractivity contribution in [3.05, 3.63) is 54.6 Å². The van der Waals surface area contributed by atoms with E-state index in [2.05, 4.69) is 37.1 Å². The van der Waals surface area contributed by atoms with Crippen LogP contribution in [0.15, 0.2) is 43.1 Å². The van der Waals surface area contributed by atoms with Crippen molar-refractivity contribution >= 4 is 17.3 Å². The molecule has 0 amide bonds. The number of anilines is 3. The van der Waals surface area contributed by atoms with Crippen LogP contribution in [0.5, 0.6) is 0 Å². The zero-order valence-electron chi connectivity index (χ0n) is 15.8. The van der Waals surface area contributed by atoms with Gasteiger partial charge in [-0.25, -0.2) is 19.3 Å². The summed E-state index contributed by atoms with van der Waals surface area (Å²) in [6.45, 7) is 3.14. The van der Waals surface area contributed by atoms with Gasteiger partial charge in [-0.15, -0.1) is 0 Å². The molecule has 2 aliphatic heterocycles. The molecule has 0 radical (unpaired) electrons. The number of imidazole rings is 1. The number of rotatable bonds is 4. The van der Waals surface area contributed by atoms with E-state index >= 15 is 0 Å². The third-order valence-electron chi connectivity index (χ3n) is 5.57. The number of nitriles is 1. The molecule has 2 fully saturated rings. The van der Waals surface area contributed by atoms with Crippen molar-refractivity contribution in [3.8, 4) is 11.8 Å². The highest BCUT2D eigenvalue weighted by atomic mass is 19.1. The molecule has 3 aromatic rings. The normalized spacial score (nSPS) is 20.8. The molecule has 2 aromatic heterocycles. The summed E-state index contributed by atoms with van der Waals surface area (Å²) in [4.78, 5) is 16.9. The lowest BCUT2D eigenvalue weighted by molar-refractivity contribution is 0.360. The second-order valence-electron chi connectivity index (χ2n) is 7.53.